The zero-order valence-corrected chi connectivity index (χ0v) is 19.3. The Morgan fingerprint density at radius 2 is 1.53 bits per heavy atom. The van der Waals surface area contributed by atoms with E-state index in [1.54, 1.807) is 7.11 Å². The topological polar surface area (TPSA) is 73.9 Å². The molecule has 0 unspecified atom stereocenters. The van der Waals surface area contributed by atoms with Gasteiger partial charge in [0.25, 0.3) is 0 Å². The Labute approximate surface area is 190 Å². The Hall–Kier alpha value is -2.90. The number of benzene rings is 2. The number of rotatable bonds is 9. The molecule has 32 heavy (non-hydrogen) atoms. The Balaban J connectivity index is 1.33. The van der Waals surface area contributed by atoms with E-state index in [-0.39, 0.29) is 11.8 Å². The third-order valence-electron chi connectivity index (χ3n) is 5.97. The number of carbonyl (C=O) groups is 2. The largest absolute Gasteiger partial charge is 0.497 e. The third-order valence-corrected chi connectivity index (χ3v) is 5.97. The number of aryl methyl sites for hydroxylation is 1. The van der Waals surface area contributed by atoms with Crippen molar-refractivity contribution < 1.29 is 14.3 Å². The first-order chi connectivity index (χ1) is 15.4. The van der Waals surface area contributed by atoms with Crippen LogP contribution in [0.2, 0.25) is 0 Å². The summed E-state index contributed by atoms with van der Waals surface area (Å²) in [7, 11) is 1.65. The minimum Gasteiger partial charge on any atom is -0.497 e. The van der Waals surface area contributed by atoms with Crippen LogP contribution in [-0.2, 0) is 16.0 Å². The molecule has 2 aromatic carbocycles. The van der Waals surface area contributed by atoms with Gasteiger partial charge < -0.3 is 15.4 Å². The fraction of sp³-hybridized carbons (Fsp3) is 0.440. The van der Waals surface area contributed by atoms with E-state index in [1.807, 2.05) is 56.3 Å². The summed E-state index contributed by atoms with van der Waals surface area (Å²) in [6, 6.07) is 13.8. The number of methoxy groups -OCH3 is 1. The fourth-order valence-corrected chi connectivity index (χ4v) is 3.78. The Morgan fingerprint density at radius 1 is 0.906 bits per heavy atom. The van der Waals surface area contributed by atoms with E-state index in [0.29, 0.717) is 19.6 Å². The van der Waals surface area contributed by atoms with Crippen LogP contribution in [0.3, 0.4) is 0 Å². The molecule has 2 N–H and O–H groups in total. The first-order valence-electron chi connectivity index (χ1n) is 11.1. The second-order valence-corrected chi connectivity index (χ2v) is 8.30. The molecule has 1 heterocycles. The van der Waals surface area contributed by atoms with E-state index in [1.165, 1.54) is 11.1 Å². The molecule has 0 saturated carbocycles. The predicted octanol–water partition coefficient (Wildman–Crippen LogP) is 2.23. The Kier molecular flexibility index (Phi) is 8.64. The number of ether oxygens (including phenoxy) is 1. The Morgan fingerprint density at radius 3 is 2.16 bits per heavy atom. The predicted molar refractivity (Wildman–Crippen MR) is 127 cm³/mol. The third kappa shape index (κ3) is 7.07. The van der Waals surface area contributed by atoms with Crippen LogP contribution in [0.5, 0.6) is 5.75 Å². The van der Waals surface area contributed by atoms with E-state index >= 15 is 0 Å². The molecule has 0 bridgehead atoms. The summed E-state index contributed by atoms with van der Waals surface area (Å²) in [5.41, 5.74) is 4.31. The molecule has 0 atom stereocenters. The van der Waals surface area contributed by atoms with Crippen LogP contribution in [0.4, 0.5) is 5.69 Å². The highest BCUT2D eigenvalue weighted by Gasteiger charge is 2.20. The van der Waals surface area contributed by atoms with Crippen LogP contribution in [0.25, 0.3) is 0 Å². The smallest absolute Gasteiger partial charge is 0.238 e. The molecule has 0 aliphatic carbocycles. The zero-order valence-electron chi connectivity index (χ0n) is 19.3. The summed E-state index contributed by atoms with van der Waals surface area (Å²) in [6.07, 6.45) is 0.791. The summed E-state index contributed by atoms with van der Waals surface area (Å²) in [5, 5.41) is 6.02. The van der Waals surface area contributed by atoms with Crippen LogP contribution in [0.15, 0.2) is 42.5 Å². The lowest BCUT2D eigenvalue weighted by Gasteiger charge is -2.33. The monoisotopic (exact) mass is 438 g/mol. The van der Waals surface area contributed by atoms with Crippen molar-refractivity contribution in [3.05, 3.63) is 59.2 Å². The van der Waals surface area contributed by atoms with E-state index in [0.717, 1.165) is 49.6 Å². The minimum atomic E-state index is 0.00317. The lowest BCUT2D eigenvalue weighted by Crippen LogP contribution is -2.51. The van der Waals surface area contributed by atoms with Crippen LogP contribution in [0.1, 0.15) is 16.7 Å². The van der Waals surface area contributed by atoms with Gasteiger partial charge in [-0.1, -0.05) is 24.3 Å². The van der Waals surface area contributed by atoms with Crippen LogP contribution < -0.4 is 15.4 Å². The molecule has 1 saturated heterocycles. The van der Waals surface area contributed by atoms with Gasteiger partial charge >= 0.3 is 0 Å². The summed E-state index contributed by atoms with van der Waals surface area (Å²) in [5.74, 6) is 0.878. The van der Waals surface area contributed by atoms with Crippen molar-refractivity contribution in [2.45, 2.75) is 20.3 Å². The highest BCUT2D eigenvalue weighted by Crippen LogP contribution is 2.18. The number of amides is 2. The summed E-state index contributed by atoms with van der Waals surface area (Å²) in [6.45, 7) is 8.55. The van der Waals surface area contributed by atoms with Gasteiger partial charge in [0, 0.05) is 38.4 Å². The first-order valence-corrected chi connectivity index (χ1v) is 11.1. The summed E-state index contributed by atoms with van der Waals surface area (Å²) >= 11 is 0. The quantitative estimate of drug-likeness (QED) is 0.628. The molecule has 1 aliphatic heterocycles. The van der Waals surface area contributed by atoms with Crippen molar-refractivity contribution >= 4 is 17.5 Å². The normalized spacial score (nSPS) is 14.7. The molecule has 2 amide bonds. The molecule has 2 aromatic rings. The first kappa shape index (κ1) is 23.8. The Bertz CT molecular complexity index is 906. The van der Waals surface area contributed by atoms with Gasteiger partial charge in [-0.05, 0) is 55.2 Å². The number of hydrogen-bond acceptors (Lipinski definition) is 5. The number of hydrogen-bond donors (Lipinski definition) is 2. The van der Waals surface area contributed by atoms with Gasteiger partial charge in [-0.3, -0.25) is 19.4 Å². The number of carbonyl (C=O) groups excluding carboxylic acids is 2. The van der Waals surface area contributed by atoms with Crippen molar-refractivity contribution in [2.24, 2.45) is 0 Å². The molecule has 7 nitrogen and oxygen atoms in total. The van der Waals surface area contributed by atoms with E-state index < -0.39 is 0 Å². The van der Waals surface area contributed by atoms with Crippen molar-refractivity contribution in [3.8, 4) is 5.75 Å². The van der Waals surface area contributed by atoms with Gasteiger partial charge in [-0.15, -0.1) is 0 Å². The number of nitrogens with zero attached hydrogens (tertiary/aromatic N) is 2. The molecule has 0 radical (unpaired) electrons. The molecule has 0 aromatic heterocycles. The van der Waals surface area contributed by atoms with Gasteiger partial charge in [0.1, 0.15) is 5.75 Å². The van der Waals surface area contributed by atoms with E-state index in [4.69, 9.17) is 4.74 Å². The highest BCUT2D eigenvalue weighted by atomic mass is 16.5. The standard InChI is InChI=1S/C25H34N4O3/c1-19-5-4-6-23(20(19)2)27-25(31)18-29-15-13-28(14-16-29)17-24(30)26-12-11-21-7-9-22(32-3)10-8-21/h4-10H,11-18H2,1-3H3,(H,26,30)(H,27,31). The lowest BCUT2D eigenvalue weighted by atomic mass is 10.1. The van der Waals surface area contributed by atoms with Crippen molar-refractivity contribution in [3.63, 3.8) is 0 Å². The van der Waals surface area contributed by atoms with E-state index in [9.17, 15) is 9.59 Å². The lowest BCUT2D eigenvalue weighted by molar-refractivity contribution is -0.123. The molecule has 3 rings (SSSR count). The van der Waals surface area contributed by atoms with Crippen LogP contribution in [0, 0.1) is 13.8 Å². The second-order valence-electron chi connectivity index (χ2n) is 8.30. The maximum atomic E-state index is 12.4. The average molecular weight is 439 g/mol. The average Bonchev–Trinajstić information content (AvgIpc) is 2.79. The van der Waals surface area contributed by atoms with E-state index in [2.05, 4.69) is 20.4 Å². The number of nitrogens with one attached hydrogen (secondary N) is 2. The highest BCUT2D eigenvalue weighted by molar-refractivity contribution is 5.93. The summed E-state index contributed by atoms with van der Waals surface area (Å²) in [4.78, 5) is 29.0. The van der Waals surface area contributed by atoms with Gasteiger partial charge in [0.15, 0.2) is 0 Å². The van der Waals surface area contributed by atoms with Gasteiger partial charge in [0.2, 0.25) is 11.8 Å². The molecule has 1 fully saturated rings. The minimum absolute atomic E-state index is 0.00317. The van der Waals surface area contributed by atoms with Gasteiger partial charge in [-0.2, -0.15) is 0 Å². The molecular weight excluding hydrogens is 404 g/mol. The molecule has 0 spiro atoms. The van der Waals surface area contributed by atoms with Crippen LogP contribution >= 0.6 is 0 Å². The second kappa shape index (κ2) is 11.6. The van der Waals surface area contributed by atoms with Crippen molar-refractivity contribution in [1.82, 2.24) is 15.1 Å². The fourth-order valence-electron chi connectivity index (χ4n) is 3.78. The maximum absolute atomic E-state index is 12.4. The zero-order chi connectivity index (χ0) is 22.9. The SMILES string of the molecule is COc1ccc(CCNC(=O)CN2CCN(CC(=O)Nc3cccc(C)c3C)CC2)cc1. The van der Waals surface area contributed by atoms with Gasteiger partial charge in [-0.25, -0.2) is 0 Å². The van der Waals surface area contributed by atoms with Gasteiger partial charge in [0.05, 0.1) is 20.2 Å². The molecular formula is C25H34N4O3. The molecule has 172 valence electrons. The molecule has 1 aliphatic rings. The maximum Gasteiger partial charge on any atom is 0.238 e. The van der Waals surface area contributed by atoms with Crippen molar-refractivity contribution in [1.29, 1.82) is 0 Å². The number of anilines is 1. The molecule has 7 heteroatoms. The van der Waals surface area contributed by atoms with Crippen molar-refractivity contribution in [2.75, 3.05) is 58.2 Å². The van der Waals surface area contributed by atoms with Crippen LogP contribution in [-0.4, -0.2) is 74.5 Å². The number of piperazine rings is 1. The summed E-state index contributed by atoms with van der Waals surface area (Å²) < 4.78 is 5.16.